The van der Waals surface area contributed by atoms with Gasteiger partial charge < -0.3 is 19.2 Å². The Hall–Kier alpha value is -3.09. The van der Waals surface area contributed by atoms with Crippen LogP contribution in [0.15, 0.2) is 35.0 Å². The van der Waals surface area contributed by atoms with Crippen LogP contribution in [-0.4, -0.2) is 29.7 Å². The fourth-order valence-corrected chi connectivity index (χ4v) is 2.46. The average Bonchev–Trinajstić information content (AvgIpc) is 2.92. The van der Waals surface area contributed by atoms with E-state index in [1.54, 1.807) is 21.0 Å². The second kappa shape index (κ2) is 6.57. The van der Waals surface area contributed by atoms with Crippen LogP contribution in [0.25, 0.3) is 11.1 Å². The average molecular weight is 327 g/mol. The van der Waals surface area contributed by atoms with Gasteiger partial charge in [-0.2, -0.15) is 0 Å². The van der Waals surface area contributed by atoms with Crippen LogP contribution in [0.2, 0.25) is 0 Å². The standard InChI is InChI=1S/C17H17N3O4/c1-4-23-17(21)13-10(2)24-16-14(13)15(18-9-19-16)20-11-7-5-6-8-12(11)22-3/h5-9H,4H2,1-3H3,(H,18,19,20). The van der Waals surface area contributed by atoms with Gasteiger partial charge in [-0.25, -0.2) is 14.8 Å². The summed E-state index contributed by atoms with van der Waals surface area (Å²) < 4.78 is 16.0. The summed E-state index contributed by atoms with van der Waals surface area (Å²) in [6.45, 7) is 3.72. The summed E-state index contributed by atoms with van der Waals surface area (Å²) in [7, 11) is 1.59. The highest BCUT2D eigenvalue weighted by atomic mass is 16.5. The number of hydrogen-bond donors (Lipinski definition) is 1. The van der Waals surface area contributed by atoms with Crippen molar-refractivity contribution in [2.75, 3.05) is 19.0 Å². The van der Waals surface area contributed by atoms with Crippen molar-refractivity contribution in [1.29, 1.82) is 0 Å². The van der Waals surface area contributed by atoms with Crippen molar-refractivity contribution in [3.8, 4) is 5.75 Å². The molecular weight excluding hydrogens is 310 g/mol. The number of aryl methyl sites for hydroxylation is 1. The number of nitrogens with zero attached hydrogens (tertiary/aromatic N) is 2. The normalized spacial score (nSPS) is 10.6. The van der Waals surface area contributed by atoms with Gasteiger partial charge in [0.15, 0.2) is 0 Å². The summed E-state index contributed by atoms with van der Waals surface area (Å²) in [6.07, 6.45) is 1.37. The van der Waals surface area contributed by atoms with Crippen LogP contribution in [0.1, 0.15) is 23.0 Å². The van der Waals surface area contributed by atoms with E-state index in [1.807, 2.05) is 24.3 Å². The number of methoxy groups -OCH3 is 1. The van der Waals surface area contributed by atoms with E-state index in [9.17, 15) is 4.79 Å². The van der Waals surface area contributed by atoms with Crippen LogP contribution < -0.4 is 10.1 Å². The third-order valence-corrected chi connectivity index (χ3v) is 3.50. The number of ether oxygens (including phenoxy) is 2. The van der Waals surface area contributed by atoms with Gasteiger partial charge in [0.25, 0.3) is 0 Å². The van der Waals surface area contributed by atoms with Crippen LogP contribution in [0.5, 0.6) is 5.75 Å². The maximum absolute atomic E-state index is 12.3. The molecule has 7 heteroatoms. The molecule has 3 aromatic rings. The number of rotatable bonds is 5. The first kappa shape index (κ1) is 15.8. The molecule has 0 aliphatic heterocycles. The maximum Gasteiger partial charge on any atom is 0.342 e. The molecule has 7 nitrogen and oxygen atoms in total. The summed E-state index contributed by atoms with van der Waals surface area (Å²) in [6, 6.07) is 7.42. The SMILES string of the molecule is CCOC(=O)c1c(C)oc2ncnc(Nc3ccccc3OC)c12. The van der Waals surface area contributed by atoms with Crippen molar-refractivity contribution in [2.24, 2.45) is 0 Å². The molecule has 0 fully saturated rings. The zero-order chi connectivity index (χ0) is 17.1. The monoisotopic (exact) mass is 327 g/mol. The lowest BCUT2D eigenvalue weighted by Crippen LogP contribution is -2.07. The molecule has 2 heterocycles. The summed E-state index contributed by atoms with van der Waals surface area (Å²) in [4.78, 5) is 20.6. The minimum absolute atomic E-state index is 0.272. The molecule has 0 aliphatic carbocycles. The van der Waals surface area contributed by atoms with Crippen LogP contribution in [-0.2, 0) is 4.74 Å². The molecule has 0 saturated heterocycles. The van der Waals surface area contributed by atoms with Gasteiger partial charge in [0.2, 0.25) is 5.71 Å². The minimum atomic E-state index is -0.466. The smallest absolute Gasteiger partial charge is 0.342 e. The number of aromatic nitrogens is 2. The molecule has 0 atom stereocenters. The van der Waals surface area contributed by atoms with Gasteiger partial charge in [0.1, 0.15) is 29.2 Å². The highest BCUT2D eigenvalue weighted by Crippen LogP contribution is 2.33. The van der Waals surface area contributed by atoms with Gasteiger partial charge in [0, 0.05) is 0 Å². The Kier molecular flexibility index (Phi) is 4.33. The van der Waals surface area contributed by atoms with E-state index >= 15 is 0 Å². The second-order valence-electron chi connectivity index (χ2n) is 4.98. The third kappa shape index (κ3) is 2.76. The summed E-state index contributed by atoms with van der Waals surface area (Å²) in [5.74, 6) is 1.07. The molecular formula is C17H17N3O4. The second-order valence-corrected chi connectivity index (χ2v) is 4.98. The lowest BCUT2D eigenvalue weighted by Gasteiger charge is -2.11. The maximum atomic E-state index is 12.3. The number of esters is 1. The molecule has 1 aromatic carbocycles. The fraction of sp³-hybridized carbons (Fsp3) is 0.235. The fourth-order valence-electron chi connectivity index (χ4n) is 2.46. The Labute approximate surface area is 138 Å². The Balaban J connectivity index is 2.13. The summed E-state index contributed by atoms with van der Waals surface area (Å²) in [5, 5.41) is 3.66. The molecule has 0 aliphatic rings. The van der Waals surface area contributed by atoms with Crippen molar-refractivity contribution in [3.63, 3.8) is 0 Å². The predicted molar refractivity (Wildman–Crippen MR) is 88.8 cm³/mol. The number of carbonyl (C=O) groups is 1. The molecule has 0 bridgehead atoms. The van der Waals surface area contributed by atoms with Crippen molar-refractivity contribution in [3.05, 3.63) is 41.9 Å². The van der Waals surface area contributed by atoms with E-state index in [4.69, 9.17) is 13.9 Å². The van der Waals surface area contributed by atoms with Crippen molar-refractivity contribution < 1.29 is 18.7 Å². The zero-order valence-corrected chi connectivity index (χ0v) is 13.6. The molecule has 24 heavy (non-hydrogen) atoms. The molecule has 0 unspecified atom stereocenters. The Morgan fingerprint density at radius 2 is 2.08 bits per heavy atom. The quantitative estimate of drug-likeness (QED) is 0.718. The van der Waals surface area contributed by atoms with Gasteiger partial charge >= 0.3 is 5.97 Å². The van der Waals surface area contributed by atoms with E-state index in [-0.39, 0.29) is 6.61 Å². The Bertz CT molecular complexity index is 889. The number of anilines is 2. The lowest BCUT2D eigenvalue weighted by molar-refractivity contribution is 0.0526. The summed E-state index contributed by atoms with van der Waals surface area (Å²) >= 11 is 0. The molecule has 0 amide bonds. The number of nitrogens with one attached hydrogen (secondary N) is 1. The first-order chi connectivity index (χ1) is 11.7. The number of carbonyl (C=O) groups excluding carboxylic acids is 1. The molecule has 0 radical (unpaired) electrons. The third-order valence-electron chi connectivity index (χ3n) is 3.50. The number of furan rings is 1. The van der Waals surface area contributed by atoms with E-state index in [1.165, 1.54) is 6.33 Å². The Morgan fingerprint density at radius 3 is 2.83 bits per heavy atom. The largest absolute Gasteiger partial charge is 0.495 e. The minimum Gasteiger partial charge on any atom is -0.495 e. The Morgan fingerprint density at radius 1 is 1.29 bits per heavy atom. The number of benzene rings is 1. The lowest BCUT2D eigenvalue weighted by atomic mass is 10.2. The highest BCUT2D eigenvalue weighted by Gasteiger charge is 2.24. The highest BCUT2D eigenvalue weighted by molar-refractivity contribution is 6.08. The van der Waals surface area contributed by atoms with Crippen LogP contribution >= 0.6 is 0 Å². The predicted octanol–water partition coefficient (Wildman–Crippen LogP) is 3.46. The molecule has 2 aromatic heterocycles. The zero-order valence-electron chi connectivity index (χ0n) is 13.6. The van der Waals surface area contributed by atoms with Gasteiger partial charge in [-0.05, 0) is 26.0 Å². The van der Waals surface area contributed by atoms with Crippen LogP contribution in [0.4, 0.5) is 11.5 Å². The molecule has 3 rings (SSSR count). The topological polar surface area (TPSA) is 86.5 Å². The summed E-state index contributed by atoms with van der Waals surface area (Å²) in [5.41, 5.74) is 1.36. The first-order valence-corrected chi connectivity index (χ1v) is 7.47. The molecule has 1 N–H and O–H groups in total. The van der Waals surface area contributed by atoms with E-state index < -0.39 is 5.97 Å². The molecule has 0 spiro atoms. The molecule has 0 saturated carbocycles. The van der Waals surface area contributed by atoms with Gasteiger partial charge in [-0.3, -0.25) is 0 Å². The number of fused-ring (bicyclic) bond motifs is 1. The molecule has 124 valence electrons. The van der Waals surface area contributed by atoms with Gasteiger partial charge in [-0.1, -0.05) is 12.1 Å². The first-order valence-electron chi connectivity index (χ1n) is 7.47. The number of para-hydroxylation sites is 2. The van der Waals surface area contributed by atoms with Crippen LogP contribution in [0, 0.1) is 6.92 Å². The van der Waals surface area contributed by atoms with Crippen molar-refractivity contribution >= 4 is 28.6 Å². The van der Waals surface area contributed by atoms with Crippen LogP contribution in [0.3, 0.4) is 0 Å². The van der Waals surface area contributed by atoms with Gasteiger partial charge in [0.05, 0.1) is 24.8 Å². The van der Waals surface area contributed by atoms with E-state index in [0.29, 0.717) is 39.7 Å². The number of hydrogen-bond acceptors (Lipinski definition) is 7. The van der Waals surface area contributed by atoms with Crippen molar-refractivity contribution in [2.45, 2.75) is 13.8 Å². The van der Waals surface area contributed by atoms with E-state index in [2.05, 4.69) is 15.3 Å². The van der Waals surface area contributed by atoms with Crippen molar-refractivity contribution in [1.82, 2.24) is 9.97 Å². The van der Waals surface area contributed by atoms with E-state index in [0.717, 1.165) is 0 Å². The van der Waals surface area contributed by atoms with Gasteiger partial charge in [-0.15, -0.1) is 0 Å².